The van der Waals surface area contributed by atoms with Crippen LogP contribution in [-0.2, 0) is 0 Å². The summed E-state index contributed by atoms with van der Waals surface area (Å²) in [6.45, 7) is 3.88. The Balaban J connectivity index is 1.35. The highest BCUT2D eigenvalue weighted by Gasteiger charge is 2.39. The SMILES string of the molecule is CCC1CCC(C2CCC3CC(c4cc(F)c(C)c(F)c4)CCC3C2)CC1. The molecular formula is C25H36F2. The lowest BCUT2D eigenvalue weighted by Gasteiger charge is -2.45. The predicted octanol–water partition coefficient (Wildman–Crippen LogP) is 7.79. The average Bonchev–Trinajstić information content (AvgIpc) is 2.71. The van der Waals surface area contributed by atoms with Gasteiger partial charge in [-0.05, 0) is 111 Å². The molecule has 0 N–H and O–H groups in total. The van der Waals surface area contributed by atoms with Gasteiger partial charge in [-0.3, -0.25) is 0 Å². The molecule has 1 aromatic rings. The number of fused-ring (bicyclic) bond motifs is 1. The molecule has 2 heteroatoms. The van der Waals surface area contributed by atoms with Crippen LogP contribution in [0.4, 0.5) is 8.78 Å². The van der Waals surface area contributed by atoms with Crippen molar-refractivity contribution in [2.24, 2.45) is 29.6 Å². The second kappa shape index (κ2) is 8.21. The fraction of sp³-hybridized carbons (Fsp3) is 0.760. The molecule has 150 valence electrons. The molecule has 0 bridgehead atoms. The van der Waals surface area contributed by atoms with Crippen LogP contribution < -0.4 is 0 Å². The summed E-state index contributed by atoms with van der Waals surface area (Å²) in [6.07, 6.45) is 14.9. The van der Waals surface area contributed by atoms with Gasteiger partial charge in [-0.15, -0.1) is 0 Å². The maximum Gasteiger partial charge on any atom is 0.129 e. The topological polar surface area (TPSA) is 0 Å². The van der Waals surface area contributed by atoms with E-state index >= 15 is 0 Å². The fourth-order valence-electron chi connectivity index (χ4n) is 6.62. The molecule has 0 spiro atoms. The number of rotatable bonds is 3. The van der Waals surface area contributed by atoms with Gasteiger partial charge in [0.05, 0.1) is 0 Å². The van der Waals surface area contributed by atoms with Crippen molar-refractivity contribution < 1.29 is 8.78 Å². The first-order valence-corrected chi connectivity index (χ1v) is 11.5. The fourth-order valence-corrected chi connectivity index (χ4v) is 6.62. The third kappa shape index (κ3) is 4.10. The van der Waals surface area contributed by atoms with Crippen LogP contribution in [0.3, 0.4) is 0 Å². The van der Waals surface area contributed by atoms with E-state index in [9.17, 15) is 8.78 Å². The molecular weight excluding hydrogens is 338 g/mol. The van der Waals surface area contributed by atoms with Crippen molar-refractivity contribution in [2.45, 2.75) is 90.4 Å². The van der Waals surface area contributed by atoms with E-state index in [4.69, 9.17) is 0 Å². The molecule has 27 heavy (non-hydrogen) atoms. The Morgan fingerprint density at radius 2 is 1.26 bits per heavy atom. The van der Waals surface area contributed by atoms with Crippen molar-refractivity contribution in [1.82, 2.24) is 0 Å². The Labute approximate surface area is 164 Å². The summed E-state index contributed by atoms with van der Waals surface area (Å²) in [4.78, 5) is 0. The van der Waals surface area contributed by atoms with E-state index in [1.54, 1.807) is 12.1 Å². The van der Waals surface area contributed by atoms with Gasteiger partial charge < -0.3 is 0 Å². The minimum Gasteiger partial charge on any atom is -0.207 e. The average molecular weight is 375 g/mol. The summed E-state index contributed by atoms with van der Waals surface area (Å²) >= 11 is 0. The first-order chi connectivity index (χ1) is 13.0. The summed E-state index contributed by atoms with van der Waals surface area (Å²) < 4.78 is 28.0. The van der Waals surface area contributed by atoms with Crippen molar-refractivity contribution >= 4 is 0 Å². The van der Waals surface area contributed by atoms with Crippen LogP contribution in [0.2, 0.25) is 0 Å². The lowest BCUT2D eigenvalue weighted by atomic mass is 9.60. The second-order valence-corrected chi connectivity index (χ2v) is 9.90. The maximum atomic E-state index is 14.0. The van der Waals surface area contributed by atoms with Crippen molar-refractivity contribution in [2.75, 3.05) is 0 Å². The zero-order valence-corrected chi connectivity index (χ0v) is 17.2. The highest BCUT2D eigenvalue weighted by molar-refractivity contribution is 5.28. The zero-order valence-electron chi connectivity index (χ0n) is 17.2. The minimum absolute atomic E-state index is 0.158. The molecule has 4 rings (SSSR count). The van der Waals surface area contributed by atoms with E-state index < -0.39 is 0 Å². The van der Waals surface area contributed by atoms with Gasteiger partial charge in [0, 0.05) is 5.56 Å². The van der Waals surface area contributed by atoms with Gasteiger partial charge in [-0.1, -0.05) is 26.2 Å². The van der Waals surface area contributed by atoms with E-state index in [1.165, 1.54) is 64.7 Å². The van der Waals surface area contributed by atoms with Crippen LogP contribution in [0.15, 0.2) is 12.1 Å². The van der Waals surface area contributed by atoms with E-state index in [-0.39, 0.29) is 17.2 Å². The molecule has 0 radical (unpaired) electrons. The van der Waals surface area contributed by atoms with Crippen LogP contribution in [0.25, 0.3) is 0 Å². The van der Waals surface area contributed by atoms with Gasteiger partial charge in [0.15, 0.2) is 0 Å². The quantitative estimate of drug-likeness (QED) is 0.506. The monoisotopic (exact) mass is 374 g/mol. The zero-order chi connectivity index (χ0) is 19.0. The summed E-state index contributed by atoms with van der Waals surface area (Å²) in [5, 5.41) is 0. The van der Waals surface area contributed by atoms with Crippen molar-refractivity contribution in [1.29, 1.82) is 0 Å². The number of hydrogen-bond donors (Lipinski definition) is 0. The van der Waals surface area contributed by atoms with Gasteiger partial charge in [0.25, 0.3) is 0 Å². The largest absolute Gasteiger partial charge is 0.207 e. The third-order valence-electron chi connectivity index (χ3n) is 8.56. The molecule has 0 saturated heterocycles. The minimum atomic E-state index is -0.376. The molecule has 0 amide bonds. The van der Waals surface area contributed by atoms with Crippen LogP contribution >= 0.6 is 0 Å². The molecule has 3 aliphatic carbocycles. The summed E-state index contributed by atoms with van der Waals surface area (Å²) in [5.74, 6) is 4.16. The predicted molar refractivity (Wildman–Crippen MR) is 108 cm³/mol. The summed E-state index contributed by atoms with van der Waals surface area (Å²) in [5.41, 5.74) is 1.06. The van der Waals surface area contributed by atoms with Gasteiger partial charge in [0.2, 0.25) is 0 Å². The first-order valence-electron chi connectivity index (χ1n) is 11.5. The molecule has 3 saturated carbocycles. The molecule has 4 atom stereocenters. The molecule has 1 aromatic carbocycles. The number of benzene rings is 1. The van der Waals surface area contributed by atoms with Crippen LogP contribution in [0.1, 0.15) is 94.6 Å². The standard InChI is InChI=1S/C25H36F2/c1-3-17-4-6-18(7-5-17)19-8-9-21-13-22(11-10-20(21)12-19)23-14-24(26)16(2)25(27)15-23/h14-15,17-22H,3-13H2,1-2H3. The molecule has 0 aromatic heterocycles. The van der Waals surface area contributed by atoms with E-state index in [0.717, 1.165) is 48.0 Å². The Kier molecular flexibility index (Phi) is 5.90. The molecule has 0 nitrogen and oxygen atoms in total. The maximum absolute atomic E-state index is 14.0. The van der Waals surface area contributed by atoms with Gasteiger partial charge >= 0.3 is 0 Å². The Bertz CT molecular complexity index is 621. The first kappa shape index (κ1) is 19.4. The molecule has 3 aliphatic rings. The third-order valence-corrected chi connectivity index (χ3v) is 8.56. The lowest BCUT2D eigenvalue weighted by Crippen LogP contribution is -2.34. The van der Waals surface area contributed by atoms with Crippen LogP contribution in [0, 0.1) is 48.1 Å². The highest BCUT2D eigenvalue weighted by atomic mass is 19.1. The van der Waals surface area contributed by atoms with E-state index in [0.29, 0.717) is 5.92 Å². The lowest BCUT2D eigenvalue weighted by molar-refractivity contribution is 0.0716. The molecule has 0 heterocycles. The van der Waals surface area contributed by atoms with Crippen LogP contribution in [-0.4, -0.2) is 0 Å². The van der Waals surface area contributed by atoms with Gasteiger partial charge in [0.1, 0.15) is 11.6 Å². The van der Waals surface area contributed by atoms with Gasteiger partial charge in [-0.2, -0.15) is 0 Å². The Morgan fingerprint density at radius 3 is 1.89 bits per heavy atom. The van der Waals surface area contributed by atoms with Crippen molar-refractivity contribution in [3.8, 4) is 0 Å². The van der Waals surface area contributed by atoms with Crippen molar-refractivity contribution in [3.05, 3.63) is 34.9 Å². The van der Waals surface area contributed by atoms with E-state index in [2.05, 4.69) is 6.92 Å². The molecule has 4 unspecified atom stereocenters. The Hall–Kier alpha value is -0.920. The normalized spacial score (nSPS) is 37.0. The summed E-state index contributed by atoms with van der Waals surface area (Å²) in [6, 6.07) is 3.20. The Morgan fingerprint density at radius 1 is 0.741 bits per heavy atom. The van der Waals surface area contributed by atoms with Gasteiger partial charge in [-0.25, -0.2) is 8.78 Å². The summed E-state index contributed by atoms with van der Waals surface area (Å²) in [7, 11) is 0. The van der Waals surface area contributed by atoms with Crippen LogP contribution in [0.5, 0.6) is 0 Å². The van der Waals surface area contributed by atoms with Crippen molar-refractivity contribution in [3.63, 3.8) is 0 Å². The van der Waals surface area contributed by atoms with E-state index in [1.807, 2.05) is 0 Å². The molecule has 3 fully saturated rings. The highest BCUT2D eigenvalue weighted by Crippen LogP contribution is 2.51. The number of halogens is 2. The molecule has 0 aliphatic heterocycles. The smallest absolute Gasteiger partial charge is 0.129 e. The second-order valence-electron chi connectivity index (χ2n) is 9.90. The number of hydrogen-bond acceptors (Lipinski definition) is 0.